The lowest BCUT2D eigenvalue weighted by Crippen LogP contribution is -2.26. The van der Waals surface area contributed by atoms with Crippen LogP contribution in [0.5, 0.6) is 0 Å². The molecule has 1 heterocycles. The van der Waals surface area contributed by atoms with Crippen molar-refractivity contribution in [1.29, 1.82) is 0 Å². The first kappa shape index (κ1) is 7.66. The molecule has 1 N–H and O–H groups in total. The van der Waals surface area contributed by atoms with Crippen molar-refractivity contribution in [2.24, 2.45) is 0 Å². The summed E-state index contributed by atoms with van der Waals surface area (Å²) in [7, 11) is 0. The molecule has 1 heteroatoms. The van der Waals surface area contributed by atoms with Crippen LogP contribution in [0.3, 0.4) is 0 Å². The Morgan fingerprint density at radius 2 is 2.08 bits per heavy atom. The van der Waals surface area contributed by atoms with Gasteiger partial charge in [-0.2, -0.15) is 0 Å². The van der Waals surface area contributed by atoms with Crippen molar-refractivity contribution in [3.8, 4) is 0 Å². The fourth-order valence-corrected chi connectivity index (χ4v) is 1.88. The first-order valence-electron chi connectivity index (χ1n) is 4.45. The fourth-order valence-electron chi connectivity index (χ4n) is 1.88. The van der Waals surface area contributed by atoms with Crippen LogP contribution in [0.2, 0.25) is 0 Å². The Hall–Kier alpha value is -0.980. The Bertz CT molecular complexity index is 313. The number of hydrogen-bond donors (Lipinski definition) is 1. The molecule has 0 spiro atoms. The molecule has 0 saturated heterocycles. The first-order valence-corrected chi connectivity index (χ1v) is 4.45. The Labute approximate surface area is 73.8 Å². The van der Waals surface area contributed by atoms with Crippen molar-refractivity contribution in [3.05, 3.63) is 29.3 Å². The van der Waals surface area contributed by atoms with Gasteiger partial charge in [0.25, 0.3) is 0 Å². The first-order chi connectivity index (χ1) is 5.57. The van der Waals surface area contributed by atoms with E-state index in [2.05, 4.69) is 44.3 Å². The lowest BCUT2D eigenvalue weighted by atomic mass is 10.00. The highest BCUT2D eigenvalue weighted by molar-refractivity contribution is 5.59. The Kier molecular flexibility index (Phi) is 1.44. The highest BCUT2D eigenvalue weighted by Crippen LogP contribution is 2.32. The number of rotatable bonds is 0. The van der Waals surface area contributed by atoms with Gasteiger partial charge in [-0.3, -0.25) is 0 Å². The second-order valence-corrected chi connectivity index (χ2v) is 4.35. The van der Waals surface area contributed by atoms with E-state index in [1.807, 2.05) is 0 Å². The minimum Gasteiger partial charge on any atom is -0.380 e. The molecule has 2 rings (SSSR count). The molecular weight excluding hydrogens is 146 g/mol. The van der Waals surface area contributed by atoms with Crippen LogP contribution >= 0.6 is 0 Å². The van der Waals surface area contributed by atoms with Gasteiger partial charge in [-0.1, -0.05) is 17.7 Å². The van der Waals surface area contributed by atoms with Crippen LogP contribution in [-0.4, -0.2) is 5.54 Å². The van der Waals surface area contributed by atoms with Crippen LogP contribution < -0.4 is 5.32 Å². The van der Waals surface area contributed by atoms with Crippen molar-refractivity contribution < 1.29 is 0 Å². The van der Waals surface area contributed by atoms with E-state index in [4.69, 9.17) is 0 Å². The molecule has 0 fully saturated rings. The van der Waals surface area contributed by atoms with Crippen LogP contribution in [0, 0.1) is 6.92 Å². The summed E-state index contributed by atoms with van der Waals surface area (Å²) in [5.74, 6) is 0. The molecule has 0 aromatic heterocycles. The summed E-state index contributed by atoms with van der Waals surface area (Å²) >= 11 is 0. The smallest absolute Gasteiger partial charge is 0.0378 e. The minimum absolute atomic E-state index is 0.246. The van der Waals surface area contributed by atoms with Gasteiger partial charge in [0.15, 0.2) is 0 Å². The zero-order chi connectivity index (χ0) is 8.77. The van der Waals surface area contributed by atoms with Gasteiger partial charge in [0, 0.05) is 11.2 Å². The van der Waals surface area contributed by atoms with Crippen molar-refractivity contribution in [3.63, 3.8) is 0 Å². The Balaban J connectivity index is 2.43. The summed E-state index contributed by atoms with van der Waals surface area (Å²) in [5.41, 5.74) is 4.37. The molecule has 12 heavy (non-hydrogen) atoms. The minimum atomic E-state index is 0.246. The number of aryl methyl sites for hydroxylation is 1. The molecule has 1 aromatic rings. The van der Waals surface area contributed by atoms with Crippen molar-refractivity contribution in [1.82, 2.24) is 0 Å². The third kappa shape index (κ3) is 1.20. The fraction of sp³-hybridized carbons (Fsp3) is 0.455. The Morgan fingerprint density at radius 1 is 1.33 bits per heavy atom. The summed E-state index contributed by atoms with van der Waals surface area (Å²) < 4.78 is 0. The van der Waals surface area contributed by atoms with E-state index in [1.54, 1.807) is 0 Å². The molecule has 1 nitrogen and oxygen atoms in total. The lowest BCUT2D eigenvalue weighted by molar-refractivity contribution is 0.594. The van der Waals surface area contributed by atoms with E-state index >= 15 is 0 Å². The zero-order valence-electron chi connectivity index (χ0n) is 7.94. The molecule has 1 aromatic carbocycles. The van der Waals surface area contributed by atoms with Gasteiger partial charge < -0.3 is 5.32 Å². The molecule has 0 saturated carbocycles. The summed E-state index contributed by atoms with van der Waals surface area (Å²) in [6.45, 7) is 6.62. The molecular formula is C11H15N. The highest BCUT2D eigenvalue weighted by Gasteiger charge is 2.26. The molecule has 1 aliphatic rings. The number of anilines is 1. The average Bonchev–Trinajstić information content (AvgIpc) is 2.21. The van der Waals surface area contributed by atoms with Crippen LogP contribution in [0.1, 0.15) is 25.0 Å². The van der Waals surface area contributed by atoms with Crippen molar-refractivity contribution in [2.75, 3.05) is 5.32 Å². The van der Waals surface area contributed by atoms with Crippen LogP contribution in [0.15, 0.2) is 18.2 Å². The van der Waals surface area contributed by atoms with Gasteiger partial charge in [0.2, 0.25) is 0 Å². The van der Waals surface area contributed by atoms with Crippen molar-refractivity contribution in [2.45, 2.75) is 32.7 Å². The lowest BCUT2D eigenvalue weighted by Gasteiger charge is -2.17. The third-order valence-electron chi connectivity index (χ3n) is 2.37. The zero-order valence-corrected chi connectivity index (χ0v) is 7.94. The van der Waals surface area contributed by atoms with E-state index in [0.29, 0.717) is 0 Å². The van der Waals surface area contributed by atoms with Gasteiger partial charge in [-0.15, -0.1) is 0 Å². The van der Waals surface area contributed by atoms with Gasteiger partial charge >= 0.3 is 0 Å². The van der Waals surface area contributed by atoms with E-state index in [1.165, 1.54) is 16.8 Å². The molecule has 0 aliphatic carbocycles. The standard InChI is InChI=1S/C11H15N/c1-8-4-5-10-9(6-8)7-11(2,3)12-10/h4-6,12H,7H2,1-3H3. The number of hydrogen-bond acceptors (Lipinski definition) is 1. The summed E-state index contributed by atoms with van der Waals surface area (Å²) in [4.78, 5) is 0. The SMILES string of the molecule is Cc1ccc2c(c1)CC(C)(C)N2. The maximum atomic E-state index is 3.50. The monoisotopic (exact) mass is 161 g/mol. The van der Waals surface area contributed by atoms with Crippen LogP contribution in [-0.2, 0) is 6.42 Å². The predicted octanol–water partition coefficient (Wildman–Crippen LogP) is 2.74. The molecule has 1 aliphatic heterocycles. The van der Waals surface area contributed by atoms with E-state index in [0.717, 1.165) is 6.42 Å². The highest BCUT2D eigenvalue weighted by atomic mass is 15.0. The molecule has 0 bridgehead atoms. The van der Waals surface area contributed by atoms with Crippen LogP contribution in [0.4, 0.5) is 5.69 Å². The summed E-state index contributed by atoms with van der Waals surface area (Å²) in [6.07, 6.45) is 1.14. The van der Waals surface area contributed by atoms with E-state index < -0.39 is 0 Å². The maximum absolute atomic E-state index is 3.50. The second kappa shape index (κ2) is 2.25. The van der Waals surface area contributed by atoms with Crippen molar-refractivity contribution >= 4 is 5.69 Å². The average molecular weight is 161 g/mol. The quantitative estimate of drug-likeness (QED) is 0.617. The molecule has 0 unspecified atom stereocenters. The van der Waals surface area contributed by atoms with E-state index in [9.17, 15) is 0 Å². The second-order valence-electron chi connectivity index (χ2n) is 4.35. The van der Waals surface area contributed by atoms with Gasteiger partial charge in [0.05, 0.1) is 0 Å². The van der Waals surface area contributed by atoms with E-state index in [-0.39, 0.29) is 5.54 Å². The summed E-state index contributed by atoms with van der Waals surface area (Å²) in [6, 6.07) is 6.61. The largest absolute Gasteiger partial charge is 0.380 e. The normalized spacial score (nSPS) is 18.6. The third-order valence-corrected chi connectivity index (χ3v) is 2.37. The predicted molar refractivity (Wildman–Crippen MR) is 52.6 cm³/mol. The van der Waals surface area contributed by atoms with Gasteiger partial charge in [-0.05, 0) is 38.8 Å². The van der Waals surface area contributed by atoms with Gasteiger partial charge in [-0.25, -0.2) is 0 Å². The Morgan fingerprint density at radius 3 is 2.83 bits per heavy atom. The molecule has 0 atom stereocenters. The van der Waals surface area contributed by atoms with Gasteiger partial charge in [0.1, 0.15) is 0 Å². The maximum Gasteiger partial charge on any atom is 0.0378 e. The molecule has 64 valence electrons. The van der Waals surface area contributed by atoms with Crippen LogP contribution in [0.25, 0.3) is 0 Å². The molecule has 0 radical (unpaired) electrons. The molecule has 0 amide bonds. The summed E-state index contributed by atoms with van der Waals surface area (Å²) in [5, 5.41) is 3.50. The number of benzene rings is 1. The number of fused-ring (bicyclic) bond motifs is 1. The topological polar surface area (TPSA) is 12.0 Å². The number of nitrogens with one attached hydrogen (secondary N) is 1.